The number of hydrogen-bond acceptors (Lipinski definition) is 4. The molecule has 6 nitrogen and oxygen atoms in total. The summed E-state index contributed by atoms with van der Waals surface area (Å²) in [4.78, 5) is 27.7. The highest BCUT2D eigenvalue weighted by Crippen LogP contribution is 2.20. The molecule has 3 N–H and O–H groups in total. The first-order valence-electron chi connectivity index (χ1n) is 8.90. The molecule has 0 fully saturated rings. The summed E-state index contributed by atoms with van der Waals surface area (Å²) >= 11 is 0. The van der Waals surface area contributed by atoms with Gasteiger partial charge in [0.05, 0.1) is 0 Å². The van der Waals surface area contributed by atoms with Crippen LogP contribution in [0.3, 0.4) is 0 Å². The third-order valence-corrected chi connectivity index (χ3v) is 4.25. The molecule has 0 bridgehead atoms. The Kier molecular flexibility index (Phi) is 5.69. The van der Waals surface area contributed by atoms with Crippen LogP contribution in [0.5, 0.6) is 0 Å². The lowest BCUT2D eigenvalue weighted by Crippen LogP contribution is -2.14. The molecule has 3 rings (SSSR count). The van der Waals surface area contributed by atoms with E-state index in [4.69, 9.17) is 0 Å². The van der Waals surface area contributed by atoms with E-state index in [1.807, 2.05) is 12.1 Å². The summed E-state index contributed by atoms with van der Waals surface area (Å²) in [5.41, 5.74) is 5.75. The van der Waals surface area contributed by atoms with Crippen LogP contribution in [-0.4, -0.2) is 16.8 Å². The van der Waals surface area contributed by atoms with Crippen LogP contribution in [0.4, 0.5) is 22.7 Å². The van der Waals surface area contributed by atoms with Crippen LogP contribution in [-0.2, 0) is 4.79 Å². The van der Waals surface area contributed by atoms with Crippen molar-refractivity contribution in [2.24, 2.45) is 0 Å². The van der Waals surface area contributed by atoms with E-state index in [1.54, 1.807) is 36.5 Å². The van der Waals surface area contributed by atoms with Crippen molar-refractivity contribution in [1.82, 2.24) is 4.98 Å². The minimum Gasteiger partial charge on any atom is -0.355 e. The predicted octanol–water partition coefficient (Wildman–Crippen LogP) is 4.65. The summed E-state index contributed by atoms with van der Waals surface area (Å²) in [6, 6.07) is 16.5. The maximum Gasteiger partial charge on any atom is 0.274 e. The predicted molar refractivity (Wildman–Crippen MR) is 112 cm³/mol. The second kappa shape index (κ2) is 8.35. The third-order valence-electron chi connectivity index (χ3n) is 4.25. The fourth-order valence-corrected chi connectivity index (χ4v) is 2.65. The van der Waals surface area contributed by atoms with Crippen LogP contribution in [0.25, 0.3) is 0 Å². The number of hydrogen-bond donors (Lipinski definition) is 3. The number of benzene rings is 2. The lowest BCUT2D eigenvalue weighted by atomic mass is 10.1. The first-order chi connectivity index (χ1) is 13.4. The van der Waals surface area contributed by atoms with Crippen molar-refractivity contribution in [3.8, 4) is 0 Å². The first kappa shape index (κ1) is 19.1. The van der Waals surface area contributed by atoms with Crippen LogP contribution in [0.15, 0.2) is 60.8 Å². The molecule has 0 spiro atoms. The van der Waals surface area contributed by atoms with Gasteiger partial charge in [-0.3, -0.25) is 14.6 Å². The molecule has 1 aromatic heterocycles. The Morgan fingerprint density at radius 2 is 1.36 bits per heavy atom. The summed E-state index contributed by atoms with van der Waals surface area (Å²) in [5.74, 6) is -0.454. The van der Waals surface area contributed by atoms with Gasteiger partial charge in [-0.2, -0.15) is 0 Å². The van der Waals surface area contributed by atoms with E-state index >= 15 is 0 Å². The van der Waals surface area contributed by atoms with Crippen molar-refractivity contribution >= 4 is 34.6 Å². The molecular weight excluding hydrogens is 352 g/mol. The van der Waals surface area contributed by atoms with Crippen LogP contribution >= 0.6 is 0 Å². The molecule has 0 saturated carbocycles. The number of aryl methyl sites for hydroxylation is 2. The minimum atomic E-state index is -0.309. The van der Waals surface area contributed by atoms with Gasteiger partial charge in [-0.25, -0.2) is 0 Å². The number of carbonyl (C=O) groups excluding carboxylic acids is 2. The zero-order valence-corrected chi connectivity index (χ0v) is 16.0. The fourth-order valence-electron chi connectivity index (χ4n) is 2.65. The van der Waals surface area contributed by atoms with Crippen molar-refractivity contribution < 1.29 is 9.59 Å². The zero-order valence-electron chi connectivity index (χ0n) is 16.0. The maximum atomic E-state index is 12.5. The Morgan fingerprint density at radius 3 is 2.00 bits per heavy atom. The second-order valence-corrected chi connectivity index (χ2v) is 6.57. The number of anilines is 4. The van der Waals surface area contributed by atoms with Gasteiger partial charge in [0.15, 0.2) is 0 Å². The zero-order chi connectivity index (χ0) is 20.1. The van der Waals surface area contributed by atoms with Gasteiger partial charge in [0, 0.05) is 35.9 Å². The number of nitrogens with zero attached hydrogens (tertiary/aromatic N) is 1. The van der Waals surface area contributed by atoms with Crippen molar-refractivity contribution in [2.45, 2.75) is 20.8 Å². The van der Waals surface area contributed by atoms with Crippen molar-refractivity contribution in [3.63, 3.8) is 0 Å². The molecule has 0 saturated heterocycles. The monoisotopic (exact) mass is 374 g/mol. The largest absolute Gasteiger partial charge is 0.355 e. The summed E-state index contributed by atoms with van der Waals surface area (Å²) in [6.45, 7) is 5.57. The van der Waals surface area contributed by atoms with Crippen molar-refractivity contribution in [3.05, 3.63) is 77.6 Å². The second-order valence-electron chi connectivity index (χ2n) is 6.57. The topological polar surface area (TPSA) is 83.1 Å². The first-order valence-corrected chi connectivity index (χ1v) is 8.90. The van der Waals surface area contributed by atoms with Crippen LogP contribution in [0, 0.1) is 13.8 Å². The molecule has 142 valence electrons. The maximum absolute atomic E-state index is 12.5. The fraction of sp³-hybridized carbons (Fsp3) is 0.136. The molecule has 28 heavy (non-hydrogen) atoms. The van der Waals surface area contributed by atoms with Crippen LogP contribution < -0.4 is 16.0 Å². The number of rotatable bonds is 5. The number of aromatic nitrogens is 1. The van der Waals surface area contributed by atoms with Gasteiger partial charge < -0.3 is 16.0 Å². The summed E-state index contributed by atoms with van der Waals surface area (Å²) in [7, 11) is 0. The lowest BCUT2D eigenvalue weighted by molar-refractivity contribution is -0.114. The minimum absolute atomic E-state index is 0.144. The molecule has 0 radical (unpaired) electrons. The molecule has 2 aromatic carbocycles. The molecular formula is C22H22N4O2. The quantitative estimate of drug-likeness (QED) is 0.607. The van der Waals surface area contributed by atoms with E-state index in [9.17, 15) is 9.59 Å². The summed E-state index contributed by atoms with van der Waals surface area (Å²) in [5, 5.41) is 8.78. The molecule has 0 atom stereocenters. The molecule has 0 aliphatic carbocycles. The van der Waals surface area contributed by atoms with Gasteiger partial charge in [0.2, 0.25) is 5.91 Å². The van der Waals surface area contributed by atoms with Gasteiger partial charge in [-0.1, -0.05) is 6.07 Å². The van der Waals surface area contributed by atoms with Gasteiger partial charge in [0.1, 0.15) is 5.69 Å². The molecule has 0 aliphatic rings. The molecule has 0 unspecified atom stereocenters. The Hall–Kier alpha value is -3.67. The highest BCUT2D eigenvalue weighted by Gasteiger charge is 2.09. The standard InChI is InChI=1S/C22H22N4O2/c1-14-4-5-19(12-15(14)2)25-20-10-11-23-21(13-20)22(28)26-18-8-6-17(7-9-18)24-16(3)27/h4-13H,1-3H3,(H,23,25)(H,24,27)(H,26,28). The molecule has 6 heteroatoms. The number of amides is 2. The van der Waals surface area contributed by atoms with E-state index < -0.39 is 0 Å². The average Bonchev–Trinajstić information content (AvgIpc) is 2.66. The van der Waals surface area contributed by atoms with E-state index in [0.29, 0.717) is 17.1 Å². The van der Waals surface area contributed by atoms with E-state index in [-0.39, 0.29) is 11.8 Å². The Morgan fingerprint density at radius 1 is 0.750 bits per heavy atom. The highest BCUT2D eigenvalue weighted by atomic mass is 16.2. The van der Waals surface area contributed by atoms with Gasteiger partial charge in [-0.05, 0) is 73.5 Å². The smallest absolute Gasteiger partial charge is 0.274 e. The van der Waals surface area contributed by atoms with Crippen molar-refractivity contribution in [2.75, 3.05) is 16.0 Å². The van der Waals surface area contributed by atoms with E-state index in [1.165, 1.54) is 18.1 Å². The highest BCUT2D eigenvalue weighted by molar-refractivity contribution is 6.03. The third kappa shape index (κ3) is 4.94. The molecule has 1 heterocycles. The molecule has 3 aromatic rings. The van der Waals surface area contributed by atoms with Crippen LogP contribution in [0.2, 0.25) is 0 Å². The normalized spacial score (nSPS) is 10.2. The lowest BCUT2D eigenvalue weighted by Gasteiger charge is -2.10. The van der Waals surface area contributed by atoms with Gasteiger partial charge in [0.25, 0.3) is 5.91 Å². The number of pyridine rings is 1. The van der Waals surface area contributed by atoms with E-state index in [0.717, 1.165) is 11.4 Å². The number of nitrogens with one attached hydrogen (secondary N) is 3. The summed E-state index contributed by atoms with van der Waals surface area (Å²) in [6.07, 6.45) is 1.60. The van der Waals surface area contributed by atoms with Crippen molar-refractivity contribution in [1.29, 1.82) is 0 Å². The Labute approximate surface area is 164 Å². The summed E-state index contributed by atoms with van der Waals surface area (Å²) < 4.78 is 0. The molecule has 0 aliphatic heterocycles. The molecule has 2 amide bonds. The van der Waals surface area contributed by atoms with Crippen LogP contribution in [0.1, 0.15) is 28.5 Å². The Bertz CT molecular complexity index is 1010. The number of carbonyl (C=O) groups is 2. The van der Waals surface area contributed by atoms with Gasteiger partial charge in [-0.15, -0.1) is 0 Å². The SMILES string of the molecule is CC(=O)Nc1ccc(NC(=O)c2cc(Nc3ccc(C)c(C)c3)ccn2)cc1. The van der Waals surface area contributed by atoms with E-state index in [2.05, 4.69) is 46.9 Å². The Balaban J connectivity index is 1.69. The average molecular weight is 374 g/mol. The van der Waals surface area contributed by atoms with Gasteiger partial charge >= 0.3 is 0 Å².